The minimum absolute atomic E-state index is 0.347. The molecule has 0 radical (unpaired) electrons. The second-order valence-electron chi connectivity index (χ2n) is 4.19. The summed E-state index contributed by atoms with van der Waals surface area (Å²) in [7, 11) is 0. The Morgan fingerprint density at radius 1 is 1.50 bits per heavy atom. The maximum Gasteiger partial charge on any atom is 0.107 e. The van der Waals surface area contributed by atoms with Crippen LogP contribution in [0, 0.1) is 5.92 Å². The summed E-state index contributed by atoms with van der Waals surface area (Å²) >= 11 is 11.1. The molecule has 1 aromatic rings. The number of nitrogens with one attached hydrogen (secondary N) is 1. The Kier molecular flexibility index (Phi) is 3.66. The fraction of sp³-hybridized carbons (Fsp3) is 0.417. The van der Waals surface area contributed by atoms with E-state index in [4.69, 9.17) is 29.6 Å². The molecule has 0 atom stereocenters. The van der Waals surface area contributed by atoms with E-state index in [9.17, 15) is 0 Å². The van der Waals surface area contributed by atoms with Gasteiger partial charge in [0.2, 0.25) is 0 Å². The van der Waals surface area contributed by atoms with E-state index >= 15 is 0 Å². The van der Waals surface area contributed by atoms with E-state index < -0.39 is 0 Å². The van der Waals surface area contributed by atoms with Crippen LogP contribution in [-0.4, -0.2) is 11.5 Å². The number of hydrogen-bond acceptors (Lipinski definition) is 2. The van der Waals surface area contributed by atoms with Gasteiger partial charge in [0.25, 0.3) is 0 Å². The molecule has 0 aromatic heterocycles. The van der Waals surface area contributed by atoms with E-state index in [1.165, 1.54) is 19.3 Å². The van der Waals surface area contributed by atoms with Crippen molar-refractivity contribution in [3.8, 4) is 0 Å². The molecule has 0 saturated heterocycles. The molecule has 1 fully saturated rings. The lowest BCUT2D eigenvalue weighted by molar-refractivity contribution is 0.760. The molecule has 3 N–H and O–H groups in total. The molecular weight excluding hydrogens is 240 g/mol. The fourth-order valence-electron chi connectivity index (χ4n) is 1.74. The molecule has 0 spiro atoms. The molecule has 2 rings (SSSR count). The topological polar surface area (TPSA) is 38.0 Å². The summed E-state index contributed by atoms with van der Waals surface area (Å²) in [5.74, 6) is 0.917. The van der Waals surface area contributed by atoms with Crippen LogP contribution in [-0.2, 0) is 0 Å². The van der Waals surface area contributed by atoms with Crippen LogP contribution in [0.3, 0.4) is 0 Å². The Balaban J connectivity index is 2.05. The molecule has 1 aliphatic carbocycles. The Morgan fingerprint density at radius 2 is 2.25 bits per heavy atom. The molecule has 0 aliphatic heterocycles. The van der Waals surface area contributed by atoms with E-state index in [1.54, 1.807) is 0 Å². The summed E-state index contributed by atoms with van der Waals surface area (Å²) < 4.78 is 0. The number of anilines is 1. The summed E-state index contributed by atoms with van der Waals surface area (Å²) in [5, 5.41) is 3.97. The van der Waals surface area contributed by atoms with Crippen molar-refractivity contribution in [2.24, 2.45) is 11.7 Å². The smallest absolute Gasteiger partial charge is 0.107 e. The predicted octanol–water partition coefficient (Wildman–Crippen LogP) is 3.19. The van der Waals surface area contributed by atoms with Gasteiger partial charge in [0.05, 0.1) is 10.6 Å². The average molecular weight is 255 g/mol. The summed E-state index contributed by atoms with van der Waals surface area (Å²) in [6.45, 7) is 0.959. The molecule has 0 amide bonds. The third-order valence-corrected chi connectivity index (χ3v) is 3.34. The Labute approximate surface area is 106 Å². The first-order valence-electron chi connectivity index (χ1n) is 5.50. The van der Waals surface area contributed by atoms with Crippen molar-refractivity contribution in [3.05, 3.63) is 28.8 Å². The van der Waals surface area contributed by atoms with Crippen molar-refractivity contribution in [2.75, 3.05) is 11.9 Å². The van der Waals surface area contributed by atoms with Crippen molar-refractivity contribution >= 4 is 34.5 Å². The minimum atomic E-state index is 0.347. The summed E-state index contributed by atoms with van der Waals surface area (Å²) in [4.78, 5) is 0.347. The fourth-order valence-corrected chi connectivity index (χ4v) is 2.29. The number of thiocarbonyl (C=S) groups is 1. The standard InChI is InChI=1S/C12H15ClN2S/c13-9-2-1-3-10(11(9)12(14)16)15-7-6-8-4-5-8/h1-3,8,15H,4-7H2,(H2,14,16). The van der Waals surface area contributed by atoms with Crippen molar-refractivity contribution in [1.29, 1.82) is 0 Å². The number of rotatable bonds is 5. The van der Waals surface area contributed by atoms with Crippen LogP contribution in [0.4, 0.5) is 5.69 Å². The second kappa shape index (κ2) is 5.02. The van der Waals surface area contributed by atoms with E-state index in [-0.39, 0.29) is 0 Å². The van der Waals surface area contributed by atoms with Crippen LogP contribution in [0.15, 0.2) is 18.2 Å². The molecule has 0 unspecified atom stereocenters. The van der Waals surface area contributed by atoms with Gasteiger partial charge in [-0.3, -0.25) is 0 Å². The lowest BCUT2D eigenvalue weighted by atomic mass is 10.1. The predicted molar refractivity (Wildman–Crippen MR) is 73.2 cm³/mol. The molecule has 0 bridgehead atoms. The Bertz CT molecular complexity index is 402. The van der Waals surface area contributed by atoms with Crippen molar-refractivity contribution in [2.45, 2.75) is 19.3 Å². The first-order chi connectivity index (χ1) is 7.68. The zero-order chi connectivity index (χ0) is 11.5. The van der Waals surface area contributed by atoms with Gasteiger partial charge in [0, 0.05) is 12.2 Å². The van der Waals surface area contributed by atoms with Gasteiger partial charge in [-0.25, -0.2) is 0 Å². The maximum atomic E-state index is 6.07. The van der Waals surface area contributed by atoms with Crippen LogP contribution < -0.4 is 11.1 Å². The maximum absolute atomic E-state index is 6.07. The second-order valence-corrected chi connectivity index (χ2v) is 5.03. The van der Waals surface area contributed by atoms with Crippen molar-refractivity contribution in [1.82, 2.24) is 0 Å². The normalized spacial score (nSPS) is 14.8. The third-order valence-electron chi connectivity index (χ3n) is 2.82. The lowest BCUT2D eigenvalue weighted by Gasteiger charge is -2.12. The molecular formula is C12H15ClN2S. The summed E-state index contributed by atoms with van der Waals surface area (Å²) in [6, 6.07) is 5.68. The van der Waals surface area contributed by atoms with E-state index in [0.717, 1.165) is 23.7 Å². The van der Waals surface area contributed by atoms with Crippen LogP contribution >= 0.6 is 23.8 Å². The molecule has 1 aromatic carbocycles. The molecule has 1 saturated carbocycles. The summed E-state index contributed by atoms with van der Waals surface area (Å²) in [5.41, 5.74) is 7.37. The number of nitrogens with two attached hydrogens (primary N) is 1. The van der Waals surface area contributed by atoms with Gasteiger partial charge in [-0.2, -0.15) is 0 Å². The third kappa shape index (κ3) is 2.86. The van der Waals surface area contributed by atoms with Crippen LogP contribution in [0.25, 0.3) is 0 Å². The highest BCUT2D eigenvalue weighted by molar-refractivity contribution is 7.80. The van der Waals surface area contributed by atoms with Gasteiger partial charge in [0.1, 0.15) is 4.99 Å². The van der Waals surface area contributed by atoms with Gasteiger partial charge < -0.3 is 11.1 Å². The van der Waals surface area contributed by atoms with Crippen molar-refractivity contribution < 1.29 is 0 Å². The number of hydrogen-bond donors (Lipinski definition) is 2. The highest BCUT2D eigenvalue weighted by atomic mass is 35.5. The van der Waals surface area contributed by atoms with Gasteiger partial charge in [-0.05, 0) is 24.5 Å². The molecule has 0 heterocycles. The first kappa shape index (κ1) is 11.7. The Hall–Kier alpha value is -0.800. The zero-order valence-electron chi connectivity index (χ0n) is 9.00. The van der Waals surface area contributed by atoms with E-state index in [1.807, 2.05) is 18.2 Å². The molecule has 16 heavy (non-hydrogen) atoms. The van der Waals surface area contributed by atoms with Gasteiger partial charge >= 0.3 is 0 Å². The van der Waals surface area contributed by atoms with Crippen LogP contribution in [0.2, 0.25) is 5.02 Å². The van der Waals surface area contributed by atoms with Crippen LogP contribution in [0.5, 0.6) is 0 Å². The average Bonchev–Trinajstić information content (AvgIpc) is 3.01. The van der Waals surface area contributed by atoms with Crippen molar-refractivity contribution in [3.63, 3.8) is 0 Å². The molecule has 1 aliphatic rings. The molecule has 2 nitrogen and oxygen atoms in total. The molecule has 4 heteroatoms. The lowest BCUT2D eigenvalue weighted by Crippen LogP contribution is -2.14. The van der Waals surface area contributed by atoms with E-state index in [2.05, 4.69) is 5.32 Å². The monoisotopic (exact) mass is 254 g/mol. The first-order valence-corrected chi connectivity index (χ1v) is 6.29. The summed E-state index contributed by atoms with van der Waals surface area (Å²) in [6.07, 6.45) is 3.96. The molecule has 86 valence electrons. The minimum Gasteiger partial charge on any atom is -0.389 e. The number of halogens is 1. The van der Waals surface area contributed by atoms with Gasteiger partial charge in [0.15, 0.2) is 0 Å². The van der Waals surface area contributed by atoms with Gasteiger partial charge in [-0.15, -0.1) is 0 Å². The van der Waals surface area contributed by atoms with Crippen LogP contribution in [0.1, 0.15) is 24.8 Å². The largest absolute Gasteiger partial charge is 0.389 e. The number of benzene rings is 1. The highest BCUT2D eigenvalue weighted by Gasteiger charge is 2.20. The van der Waals surface area contributed by atoms with Gasteiger partial charge in [-0.1, -0.05) is 42.7 Å². The quantitative estimate of drug-likeness (QED) is 0.793. The van der Waals surface area contributed by atoms with E-state index in [0.29, 0.717) is 10.0 Å². The highest BCUT2D eigenvalue weighted by Crippen LogP contribution is 2.32. The SMILES string of the molecule is NC(=S)c1c(Cl)cccc1NCCC1CC1. The Morgan fingerprint density at radius 3 is 2.88 bits per heavy atom. The zero-order valence-corrected chi connectivity index (χ0v) is 10.6.